The lowest BCUT2D eigenvalue weighted by molar-refractivity contribution is 0.523. The van der Waals surface area contributed by atoms with Crippen LogP contribution in [-0.2, 0) is 0 Å². The second-order valence-electron chi connectivity index (χ2n) is 4.37. The number of nitrogens with zero attached hydrogens (tertiary/aromatic N) is 2. The molecule has 0 saturated heterocycles. The van der Waals surface area contributed by atoms with Crippen LogP contribution in [-0.4, -0.2) is 9.55 Å². The molecule has 0 aromatic carbocycles. The van der Waals surface area contributed by atoms with Crippen LogP contribution in [0.3, 0.4) is 0 Å². The molecule has 0 radical (unpaired) electrons. The van der Waals surface area contributed by atoms with Crippen LogP contribution in [0.15, 0.2) is 12.5 Å². The Bertz CT molecular complexity index is 261. The summed E-state index contributed by atoms with van der Waals surface area (Å²) < 4.78 is 2.16. The Balaban J connectivity index is 2.79. The van der Waals surface area contributed by atoms with Crippen LogP contribution in [0.4, 0.5) is 0 Å². The molecule has 0 bridgehead atoms. The van der Waals surface area contributed by atoms with Crippen LogP contribution >= 0.6 is 0 Å². The van der Waals surface area contributed by atoms with E-state index in [4.69, 9.17) is 0 Å². The van der Waals surface area contributed by atoms with Gasteiger partial charge in [0.25, 0.3) is 0 Å². The molecular formula is C11H20N2. The van der Waals surface area contributed by atoms with E-state index < -0.39 is 0 Å². The monoisotopic (exact) mass is 180 g/mol. The molecule has 13 heavy (non-hydrogen) atoms. The minimum atomic E-state index is 0.514. The van der Waals surface area contributed by atoms with Crippen molar-refractivity contribution in [2.45, 2.75) is 46.6 Å². The standard InChI is InChI=1S/C11H20N2/c1-8(2)10(5)11-6-13(7-12-11)9(3)4/h6-10H,1-5H3. The van der Waals surface area contributed by atoms with Gasteiger partial charge in [-0.25, -0.2) is 4.98 Å². The van der Waals surface area contributed by atoms with Crippen LogP contribution < -0.4 is 0 Å². The number of rotatable bonds is 3. The van der Waals surface area contributed by atoms with Gasteiger partial charge in [0.1, 0.15) is 0 Å². The highest BCUT2D eigenvalue weighted by Gasteiger charge is 2.12. The molecule has 0 amide bonds. The molecule has 0 aliphatic carbocycles. The van der Waals surface area contributed by atoms with Crippen LogP contribution in [0.5, 0.6) is 0 Å². The van der Waals surface area contributed by atoms with E-state index in [2.05, 4.69) is 50.4 Å². The average molecular weight is 180 g/mol. The summed E-state index contributed by atoms with van der Waals surface area (Å²) in [6.07, 6.45) is 4.09. The molecule has 1 heterocycles. The molecule has 1 atom stereocenters. The van der Waals surface area contributed by atoms with Crippen molar-refractivity contribution in [1.82, 2.24) is 9.55 Å². The van der Waals surface area contributed by atoms with Gasteiger partial charge in [-0.1, -0.05) is 20.8 Å². The predicted octanol–water partition coefficient (Wildman–Crippen LogP) is 3.22. The predicted molar refractivity (Wildman–Crippen MR) is 55.9 cm³/mol. The van der Waals surface area contributed by atoms with Crippen LogP contribution in [0.2, 0.25) is 0 Å². The van der Waals surface area contributed by atoms with Crippen molar-refractivity contribution >= 4 is 0 Å². The fourth-order valence-electron chi connectivity index (χ4n) is 1.21. The Labute approximate surface area is 81.0 Å². The molecule has 0 aliphatic rings. The summed E-state index contributed by atoms with van der Waals surface area (Å²) in [5.74, 6) is 1.22. The first kappa shape index (κ1) is 10.3. The lowest BCUT2D eigenvalue weighted by atomic mass is 9.95. The van der Waals surface area contributed by atoms with Gasteiger partial charge in [-0.3, -0.25) is 0 Å². The molecule has 1 unspecified atom stereocenters. The number of imidazole rings is 1. The first-order chi connectivity index (χ1) is 6.02. The fourth-order valence-corrected chi connectivity index (χ4v) is 1.21. The highest BCUT2D eigenvalue weighted by atomic mass is 15.1. The minimum absolute atomic E-state index is 0.514. The quantitative estimate of drug-likeness (QED) is 0.698. The van der Waals surface area contributed by atoms with Gasteiger partial charge in [0, 0.05) is 18.2 Å². The third-order valence-corrected chi connectivity index (χ3v) is 2.68. The first-order valence-electron chi connectivity index (χ1n) is 5.05. The van der Waals surface area contributed by atoms with Crippen molar-refractivity contribution in [1.29, 1.82) is 0 Å². The number of hydrogen-bond acceptors (Lipinski definition) is 1. The van der Waals surface area contributed by atoms with Gasteiger partial charge in [-0.05, 0) is 19.8 Å². The molecule has 1 rings (SSSR count). The summed E-state index contributed by atoms with van der Waals surface area (Å²) in [5.41, 5.74) is 1.21. The first-order valence-corrected chi connectivity index (χ1v) is 5.05. The van der Waals surface area contributed by atoms with Gasteiger partial charge >= 0.3 is 0 Å². The van der Waals surface area contributed by atoms with Crippen LogP contribution in [0.1, 0.15) is 52.3 Å². The molecule has 1 aromatic heterocycles. The molecule has 2 nitrogen and oxygen atoms in total. The summed E-state index contributed by atoms with van der Waals surface area (Å²) in [7, 11) is 0. The lowest BCUT2D eigenvalue weighted by Gasteiger charge is -2.12. The van der Waals surface area contributed by atoms with E-state index in [1.165, 1.54) is 5.69 Å². The smallest absolute Gasteiger partial charge is 0.0951 e. The molecule has 0 aliphatic heterocycles. The highest BCUT2D eigenvalue weighted by molar-refractivity contribution is 5.04. The Hall–Kier alpha value is -0.790. The number of aromatic nitrogens is 2. The maximum Gasteiger partial charge on any atom is 0.0951 e. The molecular weight excluding hydrogens is 160 g/mol. The fraction of sp³-hybridized carbons (Fsp3) is 0.727. The molecule has 0 spiro atoms. The Morgan fingerprint density at radius 1 is 1.15 bits per heavy atom. The third kappa shape index (κ3) is 2.33. The SMILES string of the molecule is CC(C)C(C)c1cn(C(C)C)cn1. The van der Waals surface area contributed by atoms with E-state index in [-0.39, 0.29) is 0 Å². The maximum atomic E-state index is 4.42. The van der Waals surface area contributed by atoms with Crippen molar-refractivity contribution in [2.75, 3.05) is 0 Å². The molecule has 74 valence electrons. The molecule has 0 fully saturated rings. The average Bonchev–Trinajstić information content (AvgIpc) is 2.50. The van der Waals surface area contributed by atoms with Crippen LogP contribution in [0.25, 0.3) is 0 Å². The lowest BCUT2D eigenvalue weighted by Crippen LogP contribution is -2.02. The topological polar surface area (TPSA) is 17.8 Å². The summed E-state index contributed by atoms with van der Waals surface area (Å²) in [6.45, 7) is 11.0. The second-order valence-corrected chi connectivity index (χ2v) is 4.37. The maximum absolute atomic E-state index is 4.42. The van der Waals surface area contributed by atoms with Crippen molar-refractivity contribution in [2.24, 2.45) is 5.92 Å². The van der Waals surface area contributed by atoms with Crippen molar-refractivity contribution in [3.8, 4) is 0 Å². The van der Waals surface area contributed by atoms with E-state index in [1.54, 1.807) is 0 Å². The van der Waals surface area contributed by atoms with Gasteiger partial charge in [0.05, 0.1) is 12.0 Å². The number of hydrogen-bond donors (Lipinski definition) is 0. The largest absolute Gasteiger partial charge is 0.335 e. The zero-order valence-corrected chi connectivity index (χ0v) is 9.28. The zero-order chi connectivity index (χ0) is 10.0. The van der Waals surface area contributed by atoms with Gasteiger partial charge in [0.2, 0.25) is 0 Å². The van der Waals surface area contributed by atoms with E-state index >= 15 is 0 Å². The summed E-state index contributed by atoms with van der Waals surface area (Å²) in [6, 6.07) is 0.514. The Kier molecular flexibility index (Phi) is 3.12. The van der Waals surface area contributed by atoms with Gasteiger partial charge < -0.3 is 4.57 Å². The minimum Gasteiger partial charge on any atom is -0.335 e. The molecule has 0 N–H and O–H groups in total. The zero-order valence-electron chi connectivity index (χ0n) is 9.28. The Morgan fingerprint density at radius 3 is 2.15 bits per heavy atom. The molecule has 2 heteroatoms. The summed E-state index contributed by atoms with van der Waals surface area (Å²) >= 11 is 0. The van der Waals surface area contributed by atoms with E-state index in [1.807, 2.05) is 6.33 Å². The van der Waals surface area contributed by atoms with Gasteiger partial charge in [-0.15, -0.1) is 0 Å². The van der Waals surface area contributed by atoms with Crippen molar-refractivity contribution in [3.05, 3.63) is 18.2 Å². The Morgan fingerprint density at radius 2 is 1.77 bits per heavy atom. The normalized spacial score (nSPS) is 14.1. The van der Waals surface area contributed by atoms with Gasteiger partial charge in [0.15, 0.2) is 0 Å². The van der Waals surface area contributed by atoms with Crippen molar-refractivity contribution in [3.63, 3.8) is 0 Å². The summed E-state index contributed by atoms with van der Waals surface area (Å²) in [4.78, 5) is 4.42. The van der Waals surface area contributed by atoms with E-state index in [0.29, 0.717) is 17.9 Å². The molecule has 0 saturated carbocycles. The second kappa shape index (κ2) is 3.95. The third-order valence-electron chi connectivity index (χ3n) is 2.68. The van der Waals surface area contributed by atoms with Crippen LogP contribution in [0, 0.1) is 5.92 Å². The molecule has 1 aromatic rings. The van der Waals surface area contributed by atoms with E-state index in [9.17, 15) is 0 Å². The van der Waals surface area contributed by atoms with Crippen molar-refractivity contribution < 1.29 is 0 Å². The highest BCUT2D eigenvalue weighted by Crippen LogP contribution is 2.22. The van der Waals surface area contributed by atoms with E-state index in [0.717, 1.165) is 0 Å². The van der Waals surface area contributed by atoms with Gasteiger partial charge in [-0.2, -0.15) is 0 Å². The summed E-state index contributed by atoms with van der Waals surface area (Å²) in [5, 5.41) is 0.